The molecule has 0 saturated carbocycles. The van der Waals surface area contributed by atoms with Gasteiger partial charge in [-0.3, -0.25) is 9.59 Å². The number of carbonyl (C=O) groups excluding carboxylic acids is 1. The van der Waals surface area contributed by atoms with Gasteiger partial charge in [0, 0.05) is 25.4 Å². The summed E-state index contributed by atoms with van der Waals surface area (Å²) in [5.41, 5.74) is 0.620. The van der Waals surface area contributed by atoms with Crippen LogP contribution in [0, 0.1) is 0 Å². The second kappa shape index (κ2) is 6.59. The highest BCUT2D eigenvalue weighted by molar-refractivity contribution is 5.95. The summed E-state index contributed by atoms with van der Waals surface area (Å²) in [7, 11) is 0. The third kappa shape index (κ3) is 3.21. The number of carboxylic acids is 1. The zero-order chi connectivity index (χ0) is 14.5. The number of furan rings is 1. The Bertz CT molecular complexity index is 480. The molecule has 1 amide bonds. The maximum atomic E-state index is 12.6. The zero-order valence-corrected chi connectivity index (χ0v) is 11.8. The van der Waals surface area contributed by atoms with Gasteiger partial charge in [0.1, 0.15) is 5.76 Å². The van der Waals surface area contributed by atoms with Crippen molar-refractivity contribution in [2.24, 2.45) is 0 Å². The number of rotatable bonds is 5. The zero-order valence-electron chi connectivity index (χ0n) is 11.8. The molecule has 1 N–H and O–H groups in total. The second-order valence-corrected chi connectivity index (χ2v) is 5.19. The lowest BCUT2D eigenvalue weighted by atomic mass is 9.97. The standard InChI is InChI=1S/C15H21NO4/c1-2-13-12(8-10-20-13)15(19)16-9-4-3-5-11(16)6-7-14(17)18/h8,10-11H,2-7,9H2,1H3,(H,17,18). The molecule has 20 heavy (non-hydrogen) atoms. The van der Waals surface area contributed by atoms with Crippen molar-refractivity contribution < 1.29 is 19.1 Å². The van der Waals surface area contributed by atoms with E-state index in [1.54, 1.807) is 12.3 Å². The Morgan fingerprint density at radius 3 is 2.95 bits per heavy atom. The Balaban J connectivity index is 2.11. The van der Waals surface area contributed by atoms with Crippen molar-refractivity contribution in [3.05, 3.63) is 23.7 Å². The van der Waals surface area contributed by atoms with Gasteiger partial charge in [0.2, 0.25) is 0 Å². The summed E-state index contributed by atoms with van der Waals surface area (Å²) in [6.07, 6.45) is 5.79. The Hall–Kier alpha value is -1.78. The molecular formula is C15H21NO4. The van der Waals surface area contributed by atoms with E-state index in [2.05, 4.69) is 0 Å². The van der Waals surface area contributed by atoms with Crippen molar-refractivity contribution in [3.63, 3.8) is 0 Å². The number of hydrogen-bond donors (Lipinski definition) is 1. The summed E-state index contributed by atoms with van der Waals surface area (Å²) in [6.45, 7) is 2.66. The van der Waals surface area contributed by atoms with Crippen LogP contribution in [0.1, 0.15) is 55.1 Å². The van der Waals surface area contributed by atoms with Crippen molar-refractivity contribution in [1.29, 1.82) is 0 Å². The van der Waals surface area contributed by atoms with Crippen LogP contribution in [-0.2, 0) is 11.2 Å². The molecule has 1 unspecified atom stereocenters. The molecule has 1 aliphatic rings. The fourth-order valence-corrected chi connectivity index (χ4v) is 2.82. The van der Waals surface area contributed by atoms with Gasteiger partial charge in [-0.2, -0.15) is 0 Å². The van der Waals surface area contributed by atoms with Gasteiger partial charge in [-0.15, -0.1) is 0 Å². The normalized spacial score (nSPS) is 19.1. The van der Waals surface area contributed by atoms with Crippen molar-refractivity contribution in [1.82, 2.24) is 4.90 Å². The van der Waals surface area contributed by atoms with Crippen LogP contribution in [-0.4, -0.2) is 34.5 Å². The number of aliphatic carboxylic acids is 1. The highest BCUT2D eigenvalue weighted by Crippen LogP contribution is 2.24. The van der Waals surface area contributed by atoms with Gasteiger partial charge in [0.15, 0.2) is 0 Å². The van der Waals surface area contributed by atoms with Gasteiger partial charge in [0.05, 0.1) is 11.8 Å². The Morgan fingerprint density at radius 2 is 2.25 bits per heavy atom. The van der Waals surface area contributed by atoms with Crippen LogP contribution < -0.4 is 0 Å². The van der Waals surface area contributed by atoms with E-state index in [1.165, 1.54) is 0 Å². The number of likely N-dealkylation sites (tertiary alicyclic amines) is 1. The highest BCUT2D eigenvalue weighted by atomic mass is 16.4. The first-order chi connectivity index (χ1) is 9.63. The summed E-state index contributed by atoms with van der Waals surface area (Å²) in [5.74, 6) is -0.122. The van der Waals surface area contributed by atoms with E-state index in [4.69, 9.17) is 9.52 Å². The molecule has 0 aliphatic carbocycles. The maximum absolute atomic E-state index is 12.6. The van der Waals surface area contributed by atoms with Gasteiger partial charge < -0.3 is 14.4 Å². The molecule has 1 saturated heterocycles. The molecule has 0 aromatic carbocycles. The van der Waals surface area contributed by atoms with Gasteiger partial charge in [-0.05, 0) is 31.7 Å². The van der Waals surface area contributed by atoms with E-state index in [9.17, 15) is 9.59 Å². The average molecular weight is 279 g/mol. The summed E-state index contributed by atoms with van der Waals surface area (Å²) >= 11 is 0. The molecule has 0 radical (unpaired) electrons. The van der Waals surface area contributed by atoms with Gasteiger partial charge in [-0.25, -0.2) is 0 Å². The predicted octanol–water partition coefficient (Wildman–Crippen LogP) is 2.70. The maximum Gasteiger partial charge on any atom is 0.303 e. The third-order valence-electron chi connectivity index (χ3n) is 3.88. The lowest BCUT2D eigenvalue weighted by Gasteiger charge is -2.35. The fourth-order valence-electron chi connectivity index (χ4n) is 2.82. The summed E-state index contributed by atoms with van der Waals surface area (Å²) in [4.78, 5) is 25.2. The molecule has 1 fully saturated rings. The Kier molecular flexibility index (Phi) is 4.82. The van der Waals surface area contributed by atoms with Crippen molar-refractivity contribution in [3.8, 4) is 0 Å². The van der Waals surface area contributed by atoms with Crippen LogP contribution in [0.4, 0.5) is 0 Å². The molecule has 1 aliphatic heterocycles. The molecule has 5 nitrogen and oxygen atoms in total. The number of nitrogens with zero attached hydrogens (tertiary/aromatic N) is 1. The fraction of sp³-hybridized carbons (Fsp3) is 0.600. The molecule has 1 aromatic rings. The lowest BCUT2D eigenvalue weighted by molar-refractivity contribution is -0.137. The minimum Gasteiger partial charge on any atom is -0.481 e. The van der Waals surface area contributed by atoms with E-state index < -0.39 is 5.97 Å². The molecule has 0 spiro atoms. The van der Waals surface area contributed by atoms with Crippen LogP contribution in [0.5, 0.6) is 0 Å². The topological polar surface area (TPSA) is 70.8 Å². The van der Waals surface area contributed by atoms with Gasteiger partial charge in [-0.1, -0.05) is 6.92 Å². The molecule has 2 heterocycles. The molecule has 110 valence electrons. The van der Waals surface area contributed by atoms with Crippen molar-refractivity contribution in [2.45, 2.75) is 51.5 Å². The van der Waals surface area contributed by atoms with Crippen LogP contribution in [0.2, 0.25) is 0 Å². The minimum absolute atomic E-state index is 0.0225. The van der Waals surface area contributed by atoms with E-state index in [-0.39, 0.29) is 18.4 Å². The molecule has 2 rings (SSSR count). The van der Waals surface area contributed by atoms with Gasteiger partial charge in [0.25, 0.3) is 5.91 Å². The van der Waals surface area contributed by atoms with E-state index >= 15 is 0 Å². The average Bonchev–Trinajstić information content (AvgIpc) is 2.93. The quantitative estimate of drug-likeness (QED) is 0.899. The molecule has 5 heteroatoms. The van der Waals surface area contributed by atoms with E-state index in [1.807, 2.05) is 11.8 Å². The highest BCUT2D eigenvalue weighted by Gasteiger charge is 2.29. The largest absolute Gasteiger partial charge is 0.481 e. The first kappa shape index (κ1) is 14.6. The third-order valence-corrected chi connectivity index (χ3v) is 3.88. The number of hydrogen-bond acceptors (Lipinski definition) is 3. The number of carboxylic acid groups (broad SMARTS) is 1. The summed E-state index contributed by atoms with van der Waals surface area (Å²) in [6, 6.07) is 1.75. The first-order valence-corrected chi connectivity index (χ1v) is 7.22. The molecular weight excluding hydrogens is 258 g/mol. The smallest absolute Gasteiger partial charge is 0.303 e. The van der Waals surface area contributed by atoms with Gasteiger partial charge >= 0.3 is 5.97 Å². The summed E-state index contributed by atoms with van der Waals surface area (Å²) < 4.78 is 5.32. The number of piperidine rings is 1. The number of amides is 1. The predicted molar refractivity (Wildman–Crippen MR) is 73.6 cm³/mol. The van der Waals surface area contributed by atoms with Crippen LogP contribution >= 0.6 is 0 Å². The Morgan fingerprint density at radius 1 is 1.45 bits per heavy atom. The van der Waals surface area contributed by atoms with Crippen LogP contribution in [0.15, 0.2) is 16.7 Å². The molecule has 0 bridgehead atoms. The number of aryl methyl sites for hydroxylation is 1. The SMILES string of the molecule is CCc1occc1C(=O)N1CCCCC1CCC(=O)O. The second-order valence-electron chi connectivity index (χ2n) is 5.19. The Labute approximate surface area is 118 Å². The monoisotopic (exact) mass is 279 g/mol. The first-order valence-electron chi connectivity index (χ1n) is 7.22. The van der Waals surface area contributed by atoms with E-state index in [0.717, 1.165) is 19.3 Å². The summed E-state index contributed by atoms with van der Waals surface area (Å²) in [5, 5.41) is 8.82. The minimum atomic E-state index is -0.805. The molecule has 1 atom stereocenters. The van der Waals surface area contributed by atoms with Crippen molar-refractivity contribution >= 4 is 11.9 Å². The molecule has 1 aromatic heterocycles. The number of carbonyl (C=O) groups is 2. The van der Waals surface area contributed by atoms with Crippen LogP contribution in [0.3, 0.4) is 0 Å². The lowest BCUT2D eigenvalue weighted by Crippen LogP contribution is -2.44. The van der Waals surface area contributed by atoms with Crippen molar-refractivity contribution in [2.75, 3.05) is 6.54 Å². The van der Waals surface area contributed by atoms with E-state index in [0.29, 0.717) is 30.7 Å². The van der Waals surface area contributed by atoms with Crippen LogP contribution in [0.25, 0.3) is 0 Å².